The fraction of sp³-hybridized carbons (Fsp3) is 0.333. The molecule has 1 aromatic carbocycles. The van der Waals surface area contributed by atoms with Gasteiger partial charge in [0.05, 0.1) is 13.0 Å². The minimum atomic E-state index is -0.426. The van der Waals surface area contributed by atoms with Gasteiger partial charge < -0.3 is 14.5 Å². The summed E-state index contributed by atoms with van der Waals surface area (Å²) < 4.78 is 10.3. The van der Waals surface area contributed by atoms with Crippen LogP contribution in [0.15, 0.2) is 30.3 Å². The third-order valence-electron chi connectivity index (χ3n) is 3.64. The molecule has 0 radical (unpaired) electrons. The maximum Gasteiger partial charge on any atom is 0.355 e. The maximum absolute atomic E-state index is 12.2. The number of benzene rings is 1. The summed E-state index contributed by atoms with van der Waals surface area (Å²) in [6.45, 7) is 5.95. The molecule has 5 nitrogen and oxygen atoms in total. The van der Waals surface area contributed by atoms with Gasteiger partial charge >= 0.3 is 11.9 Å². The predicted molar refractivity (Wildman–Crippen MR) is 86.2 cm³/mol. The molecule has 122 valence electrons. The van der Waals surface area contributed by atoms with Crippen LogP contribution in [-0.4, -0.2) is 23.5 Å². The smallest absolute Gasteiger partial charge is 0.355 e. The number of esters is 2. The lowest BCUT2D eigenvalue weighted by Crippen LogP contribution is -2.09. The first-order chi connectivity index (χ1) is 11.0. The first-order valence-corrected chi connectivity index (χ1v) is 7.57. The van der Waals surface area contributed by atoms with Crippen LogP contribution in [0.5, 0.6) is 0 Å². The molecule has 0 aliphatic rings. The molecule has 0 amide bonds. The molecule has 0 saturated carbocycles. The Morgan fingerprint density at radius 1 is 1.09 bits per heavy atom. The molecule has 1 aromatic heterocycles. The van der Waals surface area contributed by atoms with Crippen LogP contribution in [0.25, 0.3) is 0 Å². The van der Waals surface area contributed by atoms with Gasteiger partial charge in [0.2, 0.25) is 0 Å². The Kier molecular flexibility index (Phi) is 5.57. The van der Waals surface area contributed by atoms with Crippen LogP contribution in [0.1, 0.15) is 39.8 Å². The summed E-state index contributed by atoms with van der Waals surface area (Å²) in [7, 11) is 0. The second kappa shape index (κ2) is 7.63. The van der Waals surface area contributed by atoms with Crippen LogP contribution in [0.2, 0.25) is 0 Å². The normalized spacial score (nSPS) is 10.4. The SMILES string of the molecule is CCOC(=O)Cc1c(C)[nH]c(C(=O)OCc2ccccc2)c1C. The Morgan fingerprint density at radius 3 is 2.43 bits per heavy atom. The van der Waals surface area contributed by atoms with E-state index in [0.29, 0.717) is 12.3 Å². The van der Waals surface area contributed by atoms with Crippen LogP contribution in [0, 0.1) is 13.8 Å². The van der Waals surface area contributed by atoms with E-state index in [1.54, 1.807) is 13.8 Å². The van der Waals surface area contributed by atoms with Crippen molar-refractivity contribution in [2.75, 3.05) is 6.61 Å². The van der Waals surface area contributed by atoms with Crippen molar-refractivity contribution in [3.05, 3.63) is 58.4 Å². The number of carbonyl (C=O) groups is 2. The third kappa shape index (κ3) is 4.22. The summed E-state index contributed by atoms with van der Waals surface area (Å²) in [6, 6.07) is 9.49. The molecule has 0 atom stereocenters. The minimum absolute atomic E-state index is 0.147. The fourth-order valence-electron chi connectivity index (χ4n) is 2.41. The van der Waals surface area contributed by atoms with Gasteiger partial charge in [-0.3, -0.25) is 4.79 Å². The molecule has 1 heterocycles. The van der Waals surface area contributed by atoms with E-state index < -0.39 is 5.97 Å². The highest BCUT2D eigenvalue weighted by Crippen LogP contribution is 2.20. The van der Waals surface area contributed by atoms with Crippen LogP contribution in [0.3, 0.4) is 0 Å². The van der Waals surface area contributed by atoms with E-state index in [1.807, 2.05) is 37.3 Å². The summed E-state index contributed by atoms with van der Waals surface area (Å²) in [5.41, 5.74) is 3.61. The van der Waals surface area contributed by atoms with E-state index in [2.05, 4.69) is 4.98 Å². The predicted octanol–water partition coefficient (Wildman–Crippen LogP) is 3.09. The largest absolute Gasteiger partial charge is 0.466 e. The Morgan fingerprint density at radius 2 is 1.78 bits per heavy atom. The lowest BCUT2D eigenvalue weighted by Gasteiger charge is -2.05. The second-order valence-electron chi connectivity index (χ2n) is 5.27. The van der Waals surface area contributed by atoms with Gasteiger partial charge in [-0.1, -0.05) is 30.3 Å². The molecule has 2 aromatic rings. The molecule has 0 fully saturated rings. The monoisotopic (exact) mass is 315 g/mol. The van der Waals surface area contributed by atoms with Gasteiger partial charge in [0.15, 0.2) is 0 Å². The Labute approximate surface area is 135 Å². The van der Waals surface area contributed by atoms with Crippen LogP contribution in [-0.2, 0) is 27.3 Å². The fourth-order valence-corrected chi connectivity index (χ4v) is 2.41. The van der Waals surface area contributed by atoms with E-state index >= 15 is 0 Å². The van der Waals surface area contributed by atoms with E-state index in [-0.39, 0.29) is 19.0 Å². The molecule has 5 heteroatoms. The zero-order valence-electron chi connectivity index (χ0n) is 13.6. The summed E-state index contributed by atoms with van der Waals surface area (Å²) in [5.74, 6) is -0.730. The standard InChI is InChI=1S/C18H21NO4/c1-4-22-16(20)10-15-12(2)17(19-13(15)3)18(21)23-11-14-8-6-5-7-9-14/h5-9,19H,4,10-11H2,1-3H3. The molecule has 2 rings (SSSR count). The first-order valence-electron chi connectivity index (χ1n) is 7.57. The van der Waals surface area contributed by atoms with E-state index in [9.17, 15) is 9.59 Å². The van der Waals surface area contributed by atoms with Crippen molar-refractivity contribution < 1.29 is 19.1 Å². The summed E-state index contributed by atoms with van der Waals surface area (Å²) in [5, 5.41) is 0. The number of aromatic amines is 1. The molecule has 0 aliphatic carbocycles. The van der Waals surface area contributed by atoms with Gasteiger partial charge in [-0.25, -0.2) is 4.79 Å². The van der Waals surface area contributed by atoms with Crippen LogP contribution < -0.4 is 0 Å². The highest BCUT2D eigenvalue weighted by molar-refractivity contribution is 5.90. The number of aryl methyl sites for hydroxylation is 1. The van der Waals surface area contributed by atoms with Gasteiger partial charge in [0, 0.05) is 5.69 Å². The zero-order valence-corrected chi connectivity index (χ0v) is 13.6. The highest BCUT2D eigenvalue weighted by atomic mass is 16.5. The summed E-state index contributed by atoms with van der Waals surface area (Å²) in [4.78, 5) is 26.9. The minimum Gasteiger partial charge on any atom is -0.466 e. The highest BCUT2D eigenvalue weighted by Gasteiger charge is 2.20. The number of rotatable bonds is 6. The lowest BCUT2D eigenvalue weighted by atomic mass is 10.1. The van der Waals surface area contributed by atoms with Crippen molar-refractivity contribution in [1.82, 2.24) is 4.98 Å². The molecule has 23 heavy (non-hydrogen) atoms. The summed E-state index contributed by atoms with van der Waals surface area (Å²) >= 11 is 0. The number of H-pyrrole nitrogens is 1. The summed E-state index contributed by atoms with van der Waals surface area (Å²) in [6.07, 6.45) is 0.147. The van der Waals surface area contributed by atoms with Gasteiger partial charge in [-0.15, -0.1) is 0 Å². The molecule has 0 unspecified atom stereocenters. The van der Waals surface area contributed by atoms with Gasteiger partial charge in [-0.2, -0.15) is 0 Å². The average molecular weight is 315 g/mol. The quantitative estimate of drug-likeness (QED) is 0.832. The van der Waals surface area contributed by atoms with Crippen molar-refractivity contribution in [2.45, 2.75) is 33.8 Å². The lowest BCUT2D eigenvalue weighted by molar-refractivity contribution is -0.142. The average Bonchev–Trinajstić information content (AvgIpc) is 2.82. The van der Waals surface area contributed by atoms with Crippen molar-refractivity contribution in [3.8, 4) is 0 Å². The maximum atomic E-state index is 12.2. The number of hydrogen-bond acceptors (Lipinski definition) is 4. The van der Waals surface area contributed by atoms with Gasteiger partial charge in [0.1, 0.15) is 12.3 Å². The topological polar surface area (TPSA) is 68.4 Å². The first kappa shape index (κ1) is 16.8. The van der Waals surface area contributed by atoms with Gasteiger partial charge in [-0.05, 0) is 37.5 Å². The molecule has 0 bridgehead atoms. The molecule has 0 aliphatic heterocycles. The van der Waals surface area contributed by atoms with Gasteiger partial charge in [0.25, 0.3) is 0 Å². The number of carbonyl (C=O) groups excluding carboxylic acids is 2. The van der Waals surface area contributed by atoms with E-state index in [1.165, 1.54) is 0 Å². The second-order valence-corrected chi connectivity index (χ2v) is 5.27. The molecule has 0 saturated heterocycles. The number of ether oxygens (including phenoxy) is 2. The van der Waals surface area contributed by atoms with Crippen molar-refractivity contribution in [3.63, 3.8) is 0 Å². The van der Waals surface area contributed by atoms with E-state index in [4.69, 9.17) is 9.47 Å². The number of nitrogens with one attached hydrogen (secondary N) is 1. The molecule has 1 N–H and O–H groups in total. The van der Waals surface area contributed by atoms with Crippen molar-refractivity contribution in [2.24, 2.45) is 0 Å². The number of aromatic nitrogens is 1. The molecular weight excluding hydrogens is 294 g/mol. The van der Waals surface area contributed by atoms with E-state index in [0.717, 1.165) is 22.4 Å². The Balaban J connectivity index is 2.07. The molecule has 0 spiro atoms. The third-order valence-corrected chi connectivity index (χ3v) is 3.64. The number of hydrogen-bond donors (Lipinski definition) is 1. The van der Waals surface area contributed by atoms with Crippen molar-refractivity contribution in [1.29, 1.82) is 0 Å². The van der Waals surface area contributed by atoms with Crippen molar-refractivity contribution >= 4 is 11.9 Å². The molecular formula is C18H21NO4. The Hall–Kier alpha value is -2.56. The van der Waals surface area contributed by atoms with Crippen LogP contribution >= 0.6 is 0 Å². The Bertz CT molecular complexity index is 689. The van der Waals surface area contributed by atoms with Crippen LogP contribution in [0.4, 0.5) is 0 Å². The zero-order chi connectivity index (χ0) is 16.8.